The van der Waals surface area contributed by atoms with Crippen LogP contribution in [0.1, 0.15) is 28.8 Å². The van der Waals surface area contributed by atoms with E-state index in [2.05, 4.69) is 31.4 Å². The van der Waals surface area contributed by atoms with Gasteiger partial charge in [-0.25, -0.2) is 0 Å². The van der Waals surface area contributed by atoms with Crippen LogP contribution in [0.15, 0.2) is 54.0 Å². The number of rotatable bonds is 9. The Labute approximate surface area is 244 Å². The number of aromatic nitrogens is 3. The Morgan fingerprint density at radius 1 is 1.14 bits per heavy atom. The monoisotopic (exact) mass is 587 g/mol. The van der Waals surface area contributed by atoms with Crippen LogP contribution in [-0.2, 0) is 45.0 Å². The number of aliphatic hydroxyl groups excluding tert-OH is 1. The third-order valence-corrected chi connectivity index (χ3v) is 8.69. The number of amides is 4. The summed E-state index contributed by atoms with van der Waals surface area (Å²) in [5.41, 5.74) is 3.89. The molecule has 5 N–H and O–H groups in total. The van der Waals surface area contributed by atoms with Crippen molar-refractivity contribution < 1.29 is 24.3 Å². The quantitative estimate of drug-likeness (QED) is 0.192. The average Bonchev–Trinajstić information content (AvgIpc) is 3.74. The van der Waals surface area contributed by atoms with Gasteiger partial charge in [0.25, 0.3) is 0 Å². The van der Waals surface area contributed by atoms with Crippen LogP contribution in [0, 0.1) is 0 Å². The van der Waals surface area contributed by atoms with Gasteiger partial charge in [-0.15, -0.1) is 11.3 Å². The van der Waals surface area contributed by atoms with Crippen molar-refractivity contribution in [3.63, 3.8) is 0 Å². The lowest BCUT2D eigenvalue weighted by atomic mass is 10.0. The number of carbonyl (C=O) groups excluding carboxylic acids is 4. The van der Waals surface area contributed by atoms with Gasteiger partial charge in [0.2, 0.25) is 23.6 Å². The molecule has 0 unspecified atom stereocenters. The zero-order chi connectivity index (χ0) is 29.2. The number of benzene rings is 2. The fourth-order valence-corrected chi connectivity index (χ4v) is 6.60. The molecule has 4 heterocycles. The highest BCUT2D eigenvalue weighted by atomic mass is 32.1. The van der Waals surface area contributed by atoms with Gasteiger partial charge in [-0.2, -0.15) is 15.4 Å². The summed E-state index contributed by atoms with van der Waals surface area (Å²) >= 11 is 1.53. The fourth-order valence-electron chi connectivity index (χ4n) is 5.64. The number of nitrogens with zero attached hydrogens (tertiary/aromatic N) is 3. The number of aryl methyl sites for hydroxylation is 1. The smallest absolute Gasteiger partial charge is 0.250 e. The molecule has 0 saturated heterocycles. The van der Waals surface area contributed by atoms with Crippen molar-refractivity contribution in [2.75, 3.05) is 11.5 Å². The number of para-hydroxylation sites is 1. The Bertz CT molecular complexity index is 1650. The minimum atomic E-state index is -1.24. The van der Waals surface area contributed by atoms with Gasteiger partial charge in [-0.05, 0) is 46.4 Å². The first-order valence-electron chi connectivity index (χ1n) is 13.6. The number of anilines is 1. The van der Waals surface area contributed by atoms with Crippen molar-refractivity contribution in [2.24, 2.45) is 0 Å². The summed E-state index contributed by atoms with van der Waals surface area (Å²) in [5, 5.41) is 31.2. The van der Waals surface area contributed by atoms with Crippen molar-refractivity contribution >= 4 is 50.7 Å². The molecule has 4 amide bonds. The highest BCUT2D eigenvalue weighted by molar-refractivity contribution is 7.17. The third kappa shape index (κ3) is 5.35. The molecule has 2 aliphatic heterocycles. The van der Waals surface area contributed by atoms with E-state index in [1.165, 1.54) is 22.4 Å². The predicted octanol–water partition coefficient (Wildman–Crippen LogP) is 0.744. The first kappa shape index (κ1) is 27.5. The molecule has 42 heavy (non-hydrogen) atoms. The third-order valence-electron chi connectivity index (χ3n) is 7.68. The number of hydrogen-bond acceptors (Lipinski definition) is 8. The van der Waals surface area contributed by atoms with E-state index in [1.807, 2.05) is 47.8 Å². The van der Waals surface area contributed by atoms with E-state index in [0.717, 1.165) is 26.8 Å². The van der Waals surface area contributed by atoms with E-state index >= 15 is 0 Å². The lowest BCUT2D eigenvalue weighted by Crippen LogP contribution is -2.57. The number of aromatic amines is 1. The van der Waals surface area contributed by atoms with Gasteiger partial charge >= 0.3 is 0 Å². The molecule has 6 rings (SSSR count). The lowest BCUT2D eigenvalue weighted by molar-refractivity contribution is -0.132. The summed E-state index contributed by atoms with van der Waals surface area (Å²) in [6, 6.07) is 10.5. The van der Waals surface area contributed by atoms with Crippen LogP contribution >= 0.6 is 11.3 Å². The summed E-state index contributed by atoms with van der Waals surface area (Å²) in [6.45, 7) is -0.486. The second kappa shape index (κ2) is 11.7. The zero-order valence-corrected chi connectivity index (χ0v) is 23.3. The molecule has 3 atom stereocenters. The van der Waals surface area contributed by atoms with E-state index in [-0.39, 0.29) is 18.9 Å². The van der Waals surface area contributed by atoms with Crippen LogP contribution in [0.4, 0.5) is 5.69 Å². The maximum absolute atomic E-state index is 13.9. The highest BCUT2D eigenvalue weighted by Crippen LogP contribution is 2.39. The van der Waals surface area contributed by atoms with Gasteiger partial charge < -0.3 is 21.1 Å². The average molecular weight is 588 g/mol. The Balaban J connectivity index is 1.14. The first-order valence-corrected chi connectivity index (χ1v) is 14.5. The van der Waals surface area contributed by atoms with Crippen molar-refractivity contribution in [3.05, 3.63) is 76.4 Å². The second-order valence-electron chi connectivity index (χ2n) is 10.4. The number of aliphatic hydroxyl groups is 1. The number of thiophene rings is 1. The maximum Gasteiger partial charge on any atom is 0.250 e. The van der Waals surface area contributed by atoms with Crippen LogP contribution in [0.25, 0.3) is 10.1 Å². The summed E-state index contributed by atoms with van der Waals surface area (Å²) in [4.78, 5) is 54.7. The molecule has 12 nitrogen and oxygen atoms in total. The second-order valence-corrected chi connectivity index (χ2v) is 11.3. The van der Waals surface area contributed by atoms with Crippen molar-refractivity contribution in [2.45, 2.75) is 50.4 Å². The molecule has 13 heteroatoms. The number of H-pyrrole nitrogens is 1. The van der Waals surface area contributed by atoms with Gasteiger partial charge in [0, 0.05) is 11.1 Å². The van der Waals surface area contributed by atoms with E-state index in [0.29, 0.717) is 30.6 Å². The molecule has 4 aromatic rings. The standard InChI is InChI=1S/C29H29N7O5S/c37-14-22(32-25(38)11-18-15-42-24-7-2-1-6-20(18)24)27(39)33-21-9-8-16-4-3-5-17-10-23(36(26(16)17)29(21)41)28(40)30-12-19-13-31-35-34-19/h1-7,13,15,21-23,37H,8-12,14H2,(H,30,40)(H,32,38)(H,33,39)(H,31,34,35)/t21-,22-,23-/m0/s1. The molecule has 216 valence electrons. The molecule has 0 fully saturated rings. The van der Waals surface area contributed by atoms with Crippen LogP contribution in [-0.4, -0.2) is 68.9 Å². The van der Waals surface area contributed by atoms with E-state index in [9.17, 15) is 24.3 Å². The van der Waals surface area contributed by atoms with Crippen molar-refractivity contribution in [1.29, 1.82) is 0 Å². The molecule has 2 aromatic heterocycles. The maximum atomic E-state index is 13.9. The van der Waals surface area contributed by atoms with Gasteiger partial charge in [0.1, 0.15) is 23.8 Å². The fraction of sp³-hybridized carbons (Fsp3) is 0.310. The van der Waals surface area contributed by atoms with Crippen LogP contribution in [0.2, 0.25) is 0 Å². The summed E-state index contributed by atoms with van der Waals surface area (Å²) in [7, 11) is 0. The lowest BCUT2D eigenvalue weighted by Gasteiger charge is -2.28. The first-order chi connectivity index (χ1) is 20.4. The largest absolute Gasteiger partial charge is 0.394 e. The van der Waals surface area contributed by atoms with Crippen molar-refractivity contribution in [1.82, 2.24) is 31.4 Å². The predicted molar refractivity (Wildman–Crippen MR) is 154 cm³/mol. The van der Waals surface area contributed by atoms with Crippen LogP contribution < -0.4 is 20.9 Å². The number of hydrogen-bond donors (Lipinski definition) is 5. The van der Waals surface area contributed by atoms with Crippen LogP contribution in [0.5, 0.6) is 0 Å². The molecule has 0 bridgehead atoms. The van der Waals surface area contributed by atoms with Gasteiger partial charge in [0.05, 0.1) is 31.5 Å². The summed E-state index contributed by atoms with van der Waals surface area (Å²) in [5.74, 6) is -1.85. The SMILES string of the molecule is O=C(Cc1csc2ccccc12)N[C@@H](CO)C(=O)N[C@H]1CCc2cccc3c2N(C1=O)[C@H](C(=O)NCc1cn[nH]n1)C3. The minimum absolute atomic E-state index is 0.0488. The Kier molecular flexibility index (Phi) is 7.68. The van der Waals surface area contributed by atoms with Crippen molar-refractivity contribution in [3.8, 4) is 0 Å². The minimum Gasteiger partial charge on any atom is -0.394 e. The Hall–Kier alpha value is -4.62. The molecule has 2 aliphatic rings. The topological polar surface area (TPSA) is 169 Å². The summed E-state index contributed by atoms with van der Waals surface area (Å²) in [6.07, 6.45) is 2.70. The van der Waals surface area contributed by atoms with Gasteiger partial charge in [-0.1, -0.05) is 36.4 Å². The molecule has 2 aromatic carbocycles. The number of carbonyl (C=O) groups is 4. The highest BCUT2D eigenvalue weighted by Gasteiger charge is 2.44. The van der Waals surface area contributed by atoms with Crippen LogP contribution in [0.3, 0.4) is 0 Å². The molecule has 0 radical (unpaired) electrons. The van der Waals surface area contributed by atoms with Gasteiger partial charge in [0.15, 0.2) is 0 Å². The van der Waals surface area contributed by atoms with E-state index in [1.54, 1.807) is 0 Å². The molecule has 0 saturated carbocycles. The van der Waals surface area contributed by atoms with Gasteiger partial charge in [-0.3, -0.25) is 24.1 Å². The Morgan fingerprint density at radius 2 is 1.98 bits per heavy atom. The molecule has 0 aliphatic carbocycles. The number of nitrogens with one attached hydrogen (secondary N) is 4. The molecular weight excluding hydrogens is 558 g/mol. The molecular formula is C29H29N7O5S. The normalized spacial score (nSPS) is 18.3. The van der Waals surface area contributed by atoms with E-state index < -0.39 is 42.5 Å². The molecule has 0 spiro atoms. The summed E-state index contributed by atoms with van der Waals surface area (Å²) < 4.78 is 1.06. The zero-order valence-electron chi connectivity index (χ0n) is 22.5. The van der Waals surface area contributed by atoms with E-state index in [4.69, 9.17) is 0 Å². The number of fused-ring (bicyclic) bond motifs is 1. The Morgan fingerprint density at radius 3 is 2.79 bits per heavy atom.